The Morgan fingerprint density at radius 2 is 1.52 bits per heavy atom. The lowest BCUT2D eigenvalue weighted by atomic mass is 9.84. The standard InChI is InChI=1S/C22H20F3NO3/c23-22(24,25)18-8-6-15(7-9-18)19(14-20(27)28)16-10-12-26(13-11-16)21(29)17-4-2-1-3-5-17/h1-9,14,16H,10-13H2,(H,27,28). The number of hydrogen-bond donors (Lipinski definition) is 1. The van der Waals surface area contributed by atoms with Crippen molar-refractivity contribution < 1.29 is 27.9 Å². The summed E-state index contributed by atoms with van der Waals surface area (Å²) in [6.07, 6.45) is -2.31. The van der Waals surface area contributed by atoms with Gasteiger partial charge in [0.2, 0.25) is 0 Å². The van der Waals surface area contributed by atoms with E-state index in [1.54, 1.807) is 29.2 Å². The Morgan fingerprint density at radius 3 is 2.03 bits per heavy atom. The zero-order valence-corrected chi connectivity index (χ0v) is 15.5. The maximum Gasteiger partial charge on any atom is 0.416 e. The monoisotopic (exact) mass is 403 g/mol. The summed E-state index contributed by atoms with van der Waals surface area (Å²) < 4.78 is 38.4. The highest BCUT2D eigenvalue weighted by Gasteiger charge is 2.31. The Labute approximate surface area is 166 Å². The van der Waals surface area contributed by atoms with E-state index in [9.17, 15) is 27.9 Å². The first-order chi connectivity index (χ1) is 13.8. The van der Waals surface area contributed by atoms with Crippen molar-refractivity contribution in [1.82, 2.24) is 4.90 Å². The number of nitrogens with zero attached hydrogens (tertiary/aromatic N) is 1. The molecule has 1 fully saturated rings. The fourth-order valence-electron chi connectivity index (χ4n) is 3.58. The molecule has 0 radical (unpaired) electrons. The van der Waals surface area contributed by atoms with Gasteiger partial charge in [-0.1, -0.05) is 30.3 Å². The Kier molecular flexibility index (Phi) is 6.06. The van der Waals surface area contributed by atoms with Gasteiger partial charge in [0.15, 0.2) is 0 Å². The Balaban J connectivity index is 1.75. The third kappa shape index (κ3) is 5.04. The zero-order chi connectivity index (χ0) is 21.0. The van der Waals surface area contributed by atoms with Gasteiger partial charge in [-0.15, -0.1) is 0 Å². The summed E-state index contributed by atoms with van der Waals surface area (Å²) >= 11 is 0. The number of piperidine rings is 1. The van der Waals surface area contributed by atoms with Gasteiger partial charge in [-0.25, -0.2) is 4.79 Å². The quantitative estimate of drug-likeness (QED) is 0.752. The van der Waals surface area contributed by atoms with Crippen molar-refractivity contribution in [3.8, 4) is 0 Å². The van der Waals surface area contributed by atoms with Gasteiger partial charge in [0.05, 0.1) is 5.56 Å². The van der Waals surface area contributed by atoms with Gasteiger partial charge in [-0.05, 0) is 54.2 Å². The number of carbonyl (C=O) groups is 2. The number of hydrogen-bond acceptors (Lipinski definition) is 2. The number of rotatable bonds is 4. The molecule has 1 aliphatic rings. The van der Waals surface area contributed by atoms with Crippen LogP contribution >= 0.6 is 0 Å². The van der Waals surface area contributed by atoms with Crippen LogP contribution in [0.1, 0.15) is 34.3 Å². The molecule has 1 N–H and O–H groups in total. The van der Waals surface area contributed by atoms with Gasteiger partial charge in [0.1, 0.15) is 0 Å². The average molecular weight is 403 g/mol. The molecule has 7 heteroatoms. The molecule has 3 rings (SSSR count). The van der Waals surface area contributed by atoms with Crippen molar-refractivity contribution in [3.05, 3.63) is 77.4 Å². The molecule has 4 nitrogen and oxygen atoms in total. The van der Waals surface area contributed by atoms with Crippen molar-refractivity contribution in [2.45, 2.75) is 19.0 Å². The van der Waals surface area contributed by atoms with Crippen LogP contribution in [-0.2, 0) is 11.0 Å². The lowest BCUT2D eigenvalue weighted by Gasteiger charge is -2.33. The van der Waals surface area contributed by atoms with Crippen molar-refractivity contribution >= 4 is 17.4 Å². The maximum absolute atomic E-state index is 12.8. The van der Waals surface area contributed by atoms with Gasteiger partial charge in [0, 0.05) is 24.7 Å². The molecule has 1 heterocycles. The van der Waals surface area contributed by atoms with Crippen molar-refractivity contribution in [2.24, 2.45) is 5.92 Å². The molecule has 0 aliphatic carbocycles. The van der Waals surface area contributed by atoms with Crippen molar-refractivity contribution in [3.63, 3.8) is 0 Å². The van der Waals surface area contributed by atoms with E-state index >= 15 is 0 Å². The second-order valence-corrected chi connectivity index (χ2v) is 6.95. The van der Waals surface area contributed by atoms with Crippen molar-refractivity contribution in [1.29, 1.82) is 0 Å². The summed E-state index contributed by atoms with van der Waals surface area (Å²) in [7, 11) is 0. The van der Waals surface area contributed by atoms with E-state index in [4.69, 9.17) is 0 Å². The summed E-state index contributed by atoms with van der Waals surface area (Å²) in [6, 6.07) is 13.4. The molecule has 0 aromatic heterocycles. The summed E-state index contributed by atoms with van der Waals surface area (Å²) in [4.78, 5) is 25.6. The molecule has 0 unspecified atom stereocenters. The minimum absolute atomic E-state index is 0.0812. The highest BCUT2D eigenvalue weighted by Crippen LogP contribution is 2.35. The lowest BCUT2D eigenvalue weighted by Crippen LogP contribution is -2.38. The molecule has 1 aliphatic heterocycles. The number of allylic oxidation sites excluding steroid dienone is 1. The van der Waals surface area contributed by atoms with Crippen LogP contribution in [-0.4, -0.2) is 35.0 Å². The number of carboxylic acid groups (broad SMARTS) is 1. The fraction of sp³-hybridized carbons (Fsp3) is 0.273. The van der Waals surface area contributed by atoms with Gasteiger partial charge in [-0.3, -0.25) is 4.79 Å². The maximum atomic E-state index is 12.8. The molecule has 0 saturated carbocycles. The van der Waals surface area contributed by atoms with Crippen LogP contribution in [0, 0.1) is 5.92 Å². The minimum Gasteiger partial charge on any atom is -0.478 e. The summed E-state index contributed by atoms with van der Waals surface area (Å²) in [5.41, 5.74) is 0.750. The third-order valence-corrected chi connectivity index (χ3v) is 5.07. The van der Waals surface area contributed by atoms with E-state index < -0.39 is 17.7 Å². The number of carbonyl (C=O) groups excluding carboxylic acids is 1. The van der Waals surface area contributed by atoms with Crippen LogP contribution in [0.5, 0.6) is 0 Å². The van der Waals surface area contributed by atoms with Crippen molar-refractivity contribution in [2.75, 3.05) is 13.1 Å². The van der Waals surface area contributed by atoms with Gasteiger partial charge < -0.3 is 10.0 Å². The number of halogens is 3. The molecule has 29 heavy (non-hydrogen) atoms. The van der Waals surface area contributed by atoms with Crippen LogP contribution in [0.25, 0.3) is 5.57 Å². The van der Waals surface area contributed by atoms with E-state index in [2.05, 4.69) is 0 Å². The number of benzene rings is 2. The highest BCUT2D eigenvalue weighted by molar-refractivity contribution is 5.94. The van der Waals surface area contributed by atoms with E-state index in [-0.39, 0.29) is 11.8 Å². The fourth-order valence-corrected chi connectivity index (χ4v) is 3.58. The third-order valence-electron chi connectivity index (χ3n) is 5.07. The van der Waals surface area contributed by atoms with Gasteiger partial charge in [-0.2, -0.15) is 13.2 Å². The first-order valence-electron chi connectivity index (χ1n) is 9.22. The molecule has 0 spiro atoms. The SMILES string of the molecule is O=C(O)C=C(c1ccc(C(F)(F)F)cc1)C1CCN(C(=O)c2ccccc2)CC1. The van der Waals surface area contributed by atoms with E-state index in [0.29, 0.717) is 42.6 Å². The first kappa shape index (κ1) is 20.6. The van der Waals surface area contributed by atoms with E-state index in [1.165, 1.54) is 12.1 Å². The first-order valence-corrected chi connectivity index (χ1v) is 9.22. The molecule has 2 aromatic rings. The Hall–Kier alpha value is -3.09. The second-order valence-electron chi connectivity index (χ2n) is 6.95. The molecular formula is C22H20F3NO3. The zero-order valence-electron chi connectivity index (χ0n) is 15.5. The van der Waals surface area contributed by atoms with Gasteiger partial charge in [0.25, 0.3) is 5.91 Å². The number of alkyl halides is 3. The van der Waals surface area contributed by atoms with Crippen LogP contribution < -0.4 is 0 Å². The van der Waals surface area contributed by atoms with Crippen LogP contribution in [0.4, 0.5) is 13.2 Å². The predicted molar refractivity (Wildman–Crippen MR) is 102 cm³/mol. The number of aliphatic carboxylic acids is 1. The molecule has 1 saturated heterocycles. The summed E-state index contributed by atoms with van der Waals surface area (Å²) in [5.74, 6) is -1.38. The van der Waals surface area contributed by atoms with Crippen LogP contribution in [0.3, 0.4) is 0 Å². The molecule has 0 bridgehead atoms. The number of carboxylic acids is 1. The predicted octanol–water partition coefficient (Wildman–Crippen LogP) is 4.73. The molecule has 1 amide bonds. The summed E-state index contributed by atoms with van der Waals surface area (Å²) in [5, 5.41) is 9.23. The Morgan fingerprint density at radius 1 is 0.931 bits per heavy atom. The Bertz CT molecular complexity index is 897. The summed E-state index contributed by atoms with van der Waals surface area (Å²) in [6.45, 7) is 0.909. The minimum atomic E-state index is -4.45. The number of amides is 1. The van der Waals surface area contributed by atoms with E-state index in [0.717, 1.165) is 18.2 Å². The smallest absolute Gasteiger partial charge is 0.416 e. The average Bonchev–Trinajstić information content (AvgIpc) is 2.72. The van der Waals surface area contributed by atoms with Crippen LogP contribution in [0.2, 0.25) is 0 Å². The number of likely N-dealkylation sites (tertiary alicyclic amines) is 1. The van der Waals surface area contributed by atoms with Crippen LogP contribution in [0.15, 0.2) is 60.7 Å². The lowest BCUT2D eigenvalue weighted by molar-refractivity contribution is -0.137. The molecule has 2 aromatic carbocycles. The molecule has 152 valence electrons. The second kappa shape index (κ2) is 8.51. The normalized spacial score (nSPS) is 16.0. The van der Waals surface area contributed by atoms with E-state index in [1.807, 2.05) is 6.07 Å². The highest BCUT2D eigenvalue weighted by atomic mass is 19.4. The molecule has 0 atom stereocenters. The largest absolute Gasteiger partial charge is 0.478 e. The van der Waals surface area contributed by atoms with Gasteiger partial charge >= 0.3 is 12.1 Å². The topological polar surface area (TPSA) is 57.6 Å². The molecular weight excluding hydrogens is 383 g/mol.